The molecule has 0 aromatic heterocycles. The fraction of sp³-hybridized carbons (Fsp3) is 1.00. The molecule has 0 amide bonds. The van der Waals surface area contributed by atoms with E-state index in [2.05, 4.69) is 43.9 Å². The summed E-state index contributed by atoms with van der Waals surface area (Å²) in [6.07, 6.45) is -1.27. The van der Waals surface area contributed by atoms with Crippen molar-refractivity contribution in [3.05, 3.63) is 10.4 Å². The van der Waals surface area contributed by atoms with Crippen LogP contribution in [0.25, 0.3) is 10.4 Å². The molecule has 1 heterocycles. The third-order valence-corrected chi connectivity index (χ3v) is 10.8. The van der Waals surface area contributed by atoms with E-state index >= 15 is 0 Å². The maximum absolute atomic E-state index is 11.0. The Bertz CT molecular complexity index is 390. The number of nitrogens with zero attached hydrogens (tertiary/aromatic N) is 3. The van der Waals surface area contributed by atoms with Gasteiger partial charge in [-0.1, -0.05) is 39.0 Å². The van der Waals surface area contributed by atoms with Crippen molar-refractivity contribution >= 4 is 8.07 Å². The Hall–Kier alpha value is -0.593. The molecule has 2 N–H and O–H groups in total. The fourth-order valence-electron chi connectivity index (χ4n) is 2.31. The lowest BCUT2D eigenvalue weighted by atomic mass is 10.0. The van der Waals surface area contributed by atoms with Gasteiger partial charge in [0.1, 0.15) is 13.5 Å². The molecular weight excluding hydrogens is 262 g/mol. The largest absolute Gasteiger partial charge is 0.390 e. The summed E-state index contributed by atoms with van der Waals surface area (Å²) in [6.45, 7) is 12.1. The lowest BCUT2D eigenvalue weighted by Gasteiger charge is -2.53. The van der Waals surface area contributed by atoms with Crippen LogP contribution in [0.2, 0.25) is 18.1 Å². The van der Waals surface area contributed by atoms with Crippen molar-refractivity contribution in [2.24, 2.45) is 5.11 Å². The third-order valence-electron chi connectivity index (χ3n) is 4.79. The second-order valence-electron chi connectivity index (χ2n) is 6.95. The highest BCUT2D eigenvalue weighted by Gasteiger charge is 2.58. The Labute approximate surface area is 115 Å². The second-order valence-corrected chi connectivity index (χ2v) is 12.5. The summed E-state index contributed by atoms with van der Waals surface area (Å²) >= 11 is 0. The maximum Gasteiger partial charge on any atom is 0.149 e. The predicted octanol–water partition coefficient (Wildman–Crippen LogP) is 2.57. The molecule has 1 aliphatic heterocycles. The molecule has 1 unspecified atom stereocenters. The van der Waals surface area contributed by atoms with E-state index in [0.717, 1.165) is 0 Å². The van der Waals surface area contributed by atoms with Gasteiger partial charge in [0.25, 0.3) is 0 Å². The first kappa shape index (κ1) is 16.5. The van der Waals surface area contributed by atoms with Crippen LogP contribution in [0.1, 0.15) is 34.1 Å². The van der Waals surface area contributed by atoms with Crippen LogP contribution in [-0.4, -0.2) is 41.9 Å². The SMILES string of the molecule is C[C@@H]1OC(O)([Si](C)(C)C(C)(C)C)C[C@H](N=[N+]=[N-])[C@H]1O. The van der Waals surface area contributed by atoms with Crippen molar-refractivity contribution in [1.29, 1.82) is 0 Å². The topological polar surface area (TPSA) is 98.5 Å². The van der Waals surface area contributed by atoms with Crippen molar-refractivity contribution in [3.63, 3.8) is 0 Å². The first-order valence-corrected chi connectivity index (χ1v) is 9.59. The van der Waals surface area contributed by atoms with Gasteiger partial charge >= 0.3 is 0 Å². The zero-order valence-electron chi connectivity index (χ0n) is 12.6. The zero-order chi connectivity index (χ0) is 15.1. The molecule has 19 heavy (non-hydrogen) atoms. The molecule has 0 spiro atoms. The summed E-state index contributed by atoms with van der Waals surface area (Å²) in [6, 6.07) is -0.645. The Morgan fingerprint density at radius 2 is 1.95 bits per heavy atom. The molecule has 1 saturated heterocycles. The Balaban J connectivity index is 3.15. The highest BCUT2D eigenvalue weighted by molar-refractivity contribution is 6.82. The maximum atomic E-state index is 11.0. The van der Waals surface area contributed by atoms with E-state index in [4.69, 9.17) is 10.3 Å². The van der Waals surface area contributed by atoms with Gasteiger partial charge in [-0.3, -0.25) is 0 Å². The number of aliphatic hydroxyl groups is 2. The molecule has 1 rings (SSSR count). The number of aliphatic hydroxyl groups excluding tert-OH is 1. The fourth-order valence-corrected chi connectivity index (χ4v) is 4.68. The van der Waals surface area contributed by atoms with Crippen molar-refractivity contribution in [3.8, 4) is 0 Å². The smallest absolute Gasteiger partial charge is 0.149 e. The summed E-state index contributed by atoms with van der Waals surface area (Å²) in [4.78, 5) is 2.77. The Kier molecular flexibility index (Phi) is 4.39. The first-order valence-electron chi connectivity index (χ1n) is 6.59. The summed E-state index contributed by atoms with van der Waals surface area (Å²) in [5.74, 6) is 0. The van der Waals surface area contributed by atoms with E-state index < -0.39 is 31.7 Å². The number of rotatable bonds is 2. The molecule has 0 aromatic carbocycles. The van der Waals surface area contributed by atoms with Crippen LogP contribution in [-0.2, 0) is 4.74 Å². The Morgan fingerprint density at radius 1 is 1.42 bits per heavy atom. The van der Waals surface area contributed by atoms with Gasteiger partial charge in [-0.05, 0) is 17.5 Å². The Morgan fingerprint density at radius 3 is 2.37 bits per heavy atom. The second kappa shape index (κ2) is 5.07. The molecule has 4 atom stereocenters. The van der Waals surface area contributed by atoms with Crippen LogP contribution < -0.4 is 0 Å². The number of hydrogen-bond donors (Lipinski definition) is 2. The van der Waals surface area contributed by atoms with E-state index in [1.165, 1.54) is 0 Å². The van der Waals surface area contributed by atoms with Crippen LogP contribution in [0.4, 0.5) is 0 Å². The van der Waals surface area contributed by atoms with Gasteiger partial charge in [0.15, 0.2) is 0 Å². The summed E-state index contributed by atoms with van der Waals surface area (Å²) < 4.78 is 5.74. The molecule has 0 bridgehead atoms. The molecule has 1 fully saturated rings. The van der Waals surface area contributed by atoms with Crippen LogP contribution in [0.3, 0.4) is 0 Å². The molecule has 6 nitrogen and oxygen atoms in total. The number of ether oxygens (including phenoxy) is 1. The van der Waals surface area contributed by atoms with Crippen molar-refractivity contribution in [2.45, 2.75) is 75.9 Å². The average Bonchev–Trinajstić information content (AvgIpc) is 2.24. The standard InChI is InChI=1S/C12H25N3O3Si/c1-8-10(16)9(14-15-13)7-12(17,18-8)19(5,6)11(2,3)4/h8-10,16-17H,7H2,1-6H3/t8-,9-,10-,12?/m0/s1. The molecule has 0 saturated carbocycles. The van der Waals surface area contributed by atoms with Crippen LogP contribution in [0, 0.1) is 0 Å². The monoisotopic (exact) mass is 287 g/mol. The first-order chi connectivity index (χ1) is 8.46. The average molecular weight is 287 g/mol. The van der Waals surface area contributed by atoms with Crippen molar-refractivity contribution < 1.29 is 14.9 Å². The lowest BCUT2D eigenvalue weighted by molar-refractivity contribution is -0.235. The van der Waals surface area contributed by atoms with Crippen molar-refractivity contribution in [2.75, 3.05) is 0 Å². The molecule has 7 heteroatoms. The third kappa shape index (κ3) is 2.80. The minimum absolute atomic E-state index is 0.0787. The normalized spacial score (nSPS) is 36.7. The van der Waals surface area contributed by atoms with Gasteiger partial charge < -0.3 is 14.9 Å². The molecule has 0 radical (unpaired) electrons. The highest BCUT2D eigenvalue weighted by atomic mass is 28.3. The highest BCUT2D eigenvalue weighted by Crippen LogP contribution is 2.47. The molecule has 0 aromatic rings. The van der Waals surface area contributed by atoms with Gasteiger partial charge in [-0.2, -0.15) is 0 Å². The molecular formula is C12H25N3O3Si. The van der Waals surface area contributed by atoms with Gasteiger partial charge in [0.05, 0.1) is 18.2 Å². The van der Waals surface area contributed by atoms with Gasteiger partial charge in [0.2, 0.25) is 0 Å². The number of azide groups is 1. The quantitative estimate of drug-likeness (QED) is 0.353. The van der Waals surface area contributed by atoms with Gasteiger partial charge in [-0.25, -0.2) is 0 Å². The summed E-state index contributed by atoms with van der Waals surface area (Å²) in [5, 5.41) is 24.5. The molecule has 0 aliphatic carbocycles. The van der Waals surface area contributed by atoms with Crippen molar-refractivity contribution in [1.82, 2.24) is 0 Å². The van der Waals surface area contributed by atoms with Crippen LogP contribution >= 0.6 is 0 Å². The summed E-state index contributed by atoms with van der Waals surface area (Å²) in [7, 11) is -2.23. The van der Waals surface area contributed by atoms with E-state index in [1.807, 2.05) is 0 Å². The van der Waals surface area contributed by atoms with Gasteiger partial charge in [0, 0.05) is 11.3 Å². The molecule has 1 aliphatic rings. The van der Waals surface area contributed by atoms with E-state index in [-0.39, 0.29) is 11.5 Å². The van der Waals surface area contributed by atoms with Crippen LogP contribution in [0.15, 0.2) is 5.11 Å². The number of hydrogen-bond acceptors (Lipinski definition) is 4. The summed E-state index contributed by atoms with van der Waals surface area (Å²) in [5.41, 5.74) is 7.29. The minimum atomic E-state index is -2.23. The van der Waals surface area contributed by atoms with E-state index in [0.29, 0.717) is 0 Å². The van der Waals surface area contributed by atoms with Crippen LogP contribution in [0.5, 0.6) is 0 Å². The van der Waals surface area contributed by atoms with E-state index in [9.17, 15) is 10.2 Å². The predicted molar refractivity (Wildman–Crippen MR) is 76.3 cm³/mol. The molecule has 110 valence electrons. The van der Waals surface area contributed by atoms with E-state index in [1.54, 1.807) is 6.92 Å². The van der Waals surface area contributed by atoms with Gasteiger partial charge in [-0.15, -0.1) is 0 Å². The zero-order valence-corrected chi connectivity index (χ0v) is 13.6. The minimum Gasteiger partial charge on any atom is -0.390 e. The lowest BCUT2D eigenvalue weighted by Crippen LogP contribution is -2.67.